The van der Waals surface area contributed by atoms with Crippen molar-refractivity contribution in [1.29, 1.82) is 0 Å². The first kappa shape index (κ1) is 20.7. The van der Waals surface area contributed by atoms with Crippen molar-refractivity contribution in [1.82, 2.24) is 10.2 Å². The van der Waals surface area contributed by atoms with E-state index in [0.717, 1.165) is 25.9 Å². The van der Waals surface area contributed by atoms with E-state index in [1.807, 2.05) is 4.90 Å². The number of ether oxygens (including phenoxy) is 1. The normalized spacial score (nSPS) is 24.5. The minimum Gasteiger partial charge on any atom is -0.453 e. The van der Waals surface area contributed by atoms with E-state index in [1.165, 1.54) is 18.2 Å². The first-order chi connectivity index (χ1) is 13.3. The monoisotopic (exact) mass is 386 g/mol. The molecular formula is C23H34N2O3. The molecule has 1 heterocycles. The average molecular weight is 387 g/mol. The third kappa shape index (κ3) is 4.34. The molecule has 1 aliphatic carbocycles. The quantitative estimate of drug-likeness (QED) is 0.806. The van der Waals surface area contributed by atoms with Crippen LogP contribution in [0.2, 0.25) is 0 Å². The van der Waals surface area contributed by atoms with Crippen LogP contribution in [0.4, 0.5) is 4.79 Å². The Hall–Kier alpha value is -2.04. The summed E-state index contributed by atoms with van der Waals surface area (Å²) >= 11 is 0. The van der Waals surface area contributed by atoms with Gasteiger partial charge in [-0.15, -0.1) is 0 Å². The van der Waals surface area contributed by atoms with Gasteiger partial charge >= 0.3 is 6.09 Å². The van der Waals surface area contributed by atoms with E-state index in [1.54, 1.807) is 0 Å². The number of benzene rings is 1. The second kappa shape index (κ2) is 8.14. The third-order valence-corrected chi connectivity index (χ3v) is 6.33. The molecule has 2 fully saturated rings. The summed E-state index contributed by atoms with van der Waals surface area (Å²) in [5, 5.41) is 2.69. The van der Waals surface area contributed by atoms with Crippen LogP contribution in [0.15, 0.2) is 24.3 Å². The summed E-state index contributed by atoms with van der Waals surface area (Å²) in [5.41, 5.74) is 2.94. The molecular weight excluding hydrogens is 352 g/mol. The van der Waals surface area contributed by atoms with Crippen LogP contribution in [0.1, 0.15) is 57.6 Å². The van der Waals surface area contributed by atoms with Crippen molar-refractivity contribution in [3.8, 4) is 0 Å². The summed E-state index contributed by atoms with van der Waals surface area (Å²) in [5.74, 6) is 1.77. The molecule has 28 heavy (non-hydrogen) atoms. The summed E-state index contributed by atoms with van der Waals surface area (Å²) in [7, 11) is 1.34. The number of methoxy groups -OCH3 is 1. The van der Waals surface area contributed by atoms with Gasteiger partial charge in [0.2, 0.25) is 5.91 Å². The topological polar surface area (TPSA) is 58.6 Å². The zero-order valence-electron chi connectivity index (χ0n) is 17.8. The van der Waals surface area contributed by atoms with E-state index in [2.05, 4.69) is 62.0 Å². The lowest BCUT2D eigenvalue weighted by atomic mass is 9.86. The number of rotatable bonds is 6. The highest BCUT2D eigenvalue weighted by Crippen LogP contribution is 2.58. The van der Waals surface area contributed by atoms with Gasteiger partial charge in [-0.05, 0) is 40.7 Å². The van der Waals surface area contributed by atoms with E-state index >= 15 is 0 Å². The molecule has 154 valence electrons. The Morgan fingerprint density at radius 2 is 1.79 bits per heavy atom. The Balaban J connectivity index is 1.55. The summed E-state index contributed by atoms with van der Waals surface area (Å²) in [4.78, 5) is 26.3. The predicted molar refractivity (Wildman–Crippen MR) is 110 cm³/mol. The smallest absolute Gasteiger partial charge is 0.406 e. The lowest BCUT2D eigenvalue weighted by Gasteiger charge is -2.26. The molecule has 1 unspecified atom stereocenters. The van der Waals surface area contributed by atoms with E-state index in [0.29, 0.717) is 24.3 Å². The van der Waals surface area contributed by atoms with Crippen molar-refractivity contribution in [3.05, 3.63) is 35.4 Å². The molecule has 0 radical (unpaired) electrons. The molecule has 0 aromatic heterocycles. The van der Waals surface area contributed by atoms with Crippen LogP contribution in [0.3, 0.4) is 0 Å². The highest BCUT2D eigenvalue weighted by Gasteiger charge is 2.57. The summed E-state index contributed by atoms with van der Waals surface area (Å²) in [6.45, 7) is 10.8. The molecule has 1 saturated carbocycles. The van der Waals surface area contributed by atoms with Gasteiger partial charge in [-0.2, -0.15) is 0 Å². The molecule has 0 spiro atoms. The van der Waals surface area contributed by atoms with Crippen LogP contribution in [-0.2, 0) is 14.9 Å². The zero-order chi connectivity index (χ0) is 20.5. The number of hydrogen-bond donors (Lipinski definition) is 1. The van der Waals surface area contributed by atoms with E-state index in [-0.39, 0.29) is 17.2 Å². The van der Waals surface area contributed by atoms with Crippen LogP contribution >= 0.6 is 0 Å². The van der Waals surface area contributed by atoms with Gasteiger partial charge in [0.1, 0.15) is 0 Å². The Morgan fingerprint density at radius 3 is 2.29 bits per heavy atom. The average Bonchev–Trinajstić information content (AvgIpc) is 3.16. The van der Waals surface area contributed by atoms with Crippen molar-refractivity contribution in [2.24, 2.45) is 17.8 Å². The number of hydrogen-bond acceptors (Lipinski definition) is 3. The number of nitrogens with one attached hydrogen (secondary N) is 1. The lowest BCUT2D eigenvalue weighted by Crippen LogP contribution is -2.41. The number of carbonyl (C=O) groups excluding carboxylic acids is 2. The predicted octanol–water partition coefficient (Wildman–Crippen LogP) is 3.93. The number of likely N-dealkylation sites (tertiary alicyclic amines) is 1. The maximum atomic E-state index is 12.9. The number of alkyl carbamates (subject to hydrolysis) is 1. The van der Waals surface area contributed by atoms with Crippen molar-refractivity contribution in [2.45, 2.75) is 51.9 Å². The molecule has 5 heteroatoms. The Morgan fingerprint density at radius 1 is 1.18 bits per heavy atom. The Bertz CT molecular complexity index is 696. The van der Waals surface area contributed by atoms with Crippen LogP contribution < -0.4 is 5.32 Å². The van der Waals surface area contributed by atoms with Crippen LogP contribution in [0, 0.1) is 17.8 Å². The molecule has 1 aliphatic heterocycles. The number of amides is 2. The van der Waals surface area contributed by atoms with E-state index < -0.39 is 6.09 Å². The molecule has 2 amide bonds. The highest BCUT2D eigenvalue weighted by molar-refractivity contribution is 5.80. The largest absolute Gasteiger partial charge is 0.453 e. The second-order valence-corrected chi connectivity index (χ2v) is 9.33. The maximum absolute atomic E-state index is 12.9. The van der Waals surface area contributed by atoms with Crippen molar-refractivity contribution < 1.29 is 14.3 Å². The van der Waals surface area contributed by atoms with Gasteiger partial charge in [-0.1, -0.05) is 58.4 Å². The second-order valence-electron chi connectivity index (χ2n) is 9.33. The van der Waals surface area contributed by atoms with Crippen molar-refractivity contribution in [2.75, 3.05) is 26.7 Å². The number of piperidine rings is 1. The lowest BCUT2D eigenvalue weighted by molar-refractivity contribution is -0.135. The van der Waals surface area contributed by atoms with Crippen LogP contribution in [0.25, 0.3) is 0 Å². The molecule has 5 nitrogen and oxygen atoms in total. The van der Waals surface area contributed by atoms with E-state index in [4.69, 9.17) is 0 Å². The molecule has 2 aliphatic rings. The molecule has 3 rings (SSSR count). The van der Waals surface area contributed by atoms with Crippen molar-refractivity contribution in [3.63, 3.8) is 0 Å². The third-order valence-electron chi connectivity index (χ3n) is 6.33. The van der Waals surface area contributed by atoms with Crippen LogP contribution in [-0.4, -0.2) is 43.6 Å². The number of carbonyl (C=O) groups is 2. The SMILES string of the molecule is CCC[C@H](CNC(=O)OC)C(=O)N1C[C@@H]2C(c3ccc(C(C)(C)C)cc3)[C@@H]2C1. The summed E-state index contributed by atoms with van der Waals surface area (Å²) < 4.78 is 4.63. The zero-order valence-corrected chi connectivity index (χ0v) is 17.8. The maximum Gasteiger partial charge on any atom is 0.406 e. The number of nitrogens with zero attached hydrogens (tertiary/aromatic N) is 1. The molecule has 1 saturated heterocycles. The Labute approximate surface area is 168 Å². The summed E-state index contributed by atoms with van der Waals surface area (Å²) in [6, 6.07) is 9.05. The number of fused-ring (bicyclic) bond motifs is 1. The molecule has 1 aromatic carbocycles. The van der Waals surface area contributed by atoms with Gasteiger partial charge in [0.25, 0.3) is 0 Å². The fourth-order valence-corrected chi connectivity index (χ4v) is 4.60. The fraction of sp³-hybridized carbons (Fsp3) is 0.652. The highest BCUT2D eigenvalue weighted by atomic mass is 16.5. The van der Waals surface area contributed by atoms with Gasteiger partial charge in [0.15, 0.2) is 0 Å². The first-order valence-electron chi connectivity index (χ1n) is 10.5. The fourth-order valence-electron chi connectivity index (χ4n) is 4.60. The van der Waals surface area contributed by atoms with Crippen molar-refractivity contribution >= 4 is 12.0 Å². The molecule has 0 bridgehead atoms. The molecule has 1 N–H and O–H groups in total. The van der Waals surface area contributed by atoms with Gasteiger partial charge in [-0.25, -0.2) is 4.79 Å². The van der Waals surface area contributed by atoms with Gasteiger partial charge < -0.3 is 15.0 Å². The molecule has 4 atom stereocenters. The van der Waals surface area contributed by atoms with Gasteiger partial charge in [0.05, 0.1) is 13.0 Å². The summed E-state index contributed by atoms with van der Waals surface area (Å²) in [6.07, 6.45) is 1.23. The molecule has 1 aromatic rings. The minimum absolute atomic E-state index is 0.161. The minimum atomic E-state index is -0.475. The first-order valence-corrected chi connectivity index (χ1v) is 10.5. The Kier molecular flexibility index (Phi) is 6.01. The van der Waals surface area contributed by atoms with Gasteiger partial charge in [0, 0.05) is 19.6 Å². The standard InChI is InChI=1S/C23H34N2O3/c1-6-7-16(12-24-22(27)28-5)21(26)25-13-18-19(14-25)20(18)15-8-10-17(11-9-15)23(2,3)4/h8-11,16,18-20H,6-7,12-14H2,1-5H3,(H,24,27)/t16-,18-,19+,20?/m1/s1. The van der Waals surface area contributed by atoms with Crippen LogP contribution in [0.5, 0.6) is 0 Å². The van der Waals surface area contributed by atoms with E-state index in [9.17, 15) is 9.59 Å². The van der Waals surface area contributed by atoms with Gasteiger partial charge in [-0.3, -0.25) is 4.79 Å².